The monoisotopic (exact) mass is 239 g/mol. The fraction of sp³-hybridized carbons (Fsp3) is 1.00. The standard InChI is InChI=1S/C16H33N/c1-5-7-8-16(17-6-2)15-11-9-14(10-12-15)13(3)4/h13-17H,5-12H2,1-4H3. The topological polar surface area (TPSA) is 12.0 Å². The van der Waals surface area contributed by atoms with Crippen LogP contribution in [0, 0.1) is 17.8 Å². The molecule has 1 N–H and O–H groups in total. The highest BCUT2D eigenvalue weighted by atomic mass is 14.9. The van der Waals surface area contributed by atoms with E-state index >= 15 is 0 Å². The quantitative estimate of drug-likeness (QED) is 0.683. The third kappa shape index (κ3) is 4.99. The molecule has 0 aromatic carbocycles. The van der Waals surface area contributed by atoms with Crippen LogP contribution in [0.2, 0.25) is 0 Å². The Morgan fingerprint density at radius 1 is 1.00 bits per heavy atom. The van der Waals surface area contributed by atoms with Crippen molar-refractivity contribution in [1.29, 1.82) is 0 Å². The Bertz CT molecular complexity index is 180. The Hall–Kier alpha value is -0.0400. The zero-order valence-electron chi connectivity index (χ0n) is 12.5. The zero-order valence-corrected chi connectivity index (χ0v) is 12.5. The molecule has 1 atom stereocenters. The maximum atomic E-state index is 3.73. The molecular formula is C16H33N. The van der Waals surface area contributed by atoms with Gasteiger partial charge in [0.1, 0.15) is 0 Å². The molecular weight excluding hydrogens is 206 g/mol. The van der Waals surface area contributed by atoms with Crippen molar-refractivity contribution in [2.45, 2.75) is 78.7 Å². The van der Waals surface area contributed by atoms with Crippen molar-refractivity contribution >= 4 is 0 Å². The van der Waals surface area contributed by atoms with Gasteiger partial charge in [0, 0.05) is 6.04 Å². The van der Waals surface area contributed by atoms with E-state index in [2.05, 4.69) is 33.0 Å². The van der Waals surface area contributed by atoms with Gasteiger partial charge in [0.15, 0.2) is 0 Å². The molecule has 0 aromatic rings. The second-order valence-electron chi connectivity index (χ2n) is 6.23. The second kappa shape index (κ2) is 8.13. The lowest BCUT2D eigenvalue weighted by molar-refractivity contribution is 0.183. The highest BCUT2D eigenvalue weighted by Gasteiger charge is 2.27. The maximum Gasteiger partial charge on any atom is 0.00952 e. The van der Waals surface area contributed by atoms with E-state index in [0.29, 0.717) is 0 Å². The molecule has 1 saturated carbocycles. The molecule has 1 aliphatic carbocycles. The molecule has 1 fully saturated rings. The third-order valence-electron chi connectivity index (χ3n) is 4.66. The first-order chi connectivity index (χ1) is 8.19. The molecule has 0 bridgehead atoms. The molecule has 1 heteroatoms. The summed E-state index contributed by atoms with van der Waals surface area (Å²) in [5, 5.41) is 3.73. The van der Waals surface area contributed by atoms with Crippen LogP contribution in [0.1, 0.15) is 72.6 Å². The van der Waals surface area contributed by atoms with E-state index in [1.54, 1.807) is 0 Å². The summed E-state index contributed by atoms with van der Waals surface area (Å²) in [6, 6.07) is 0.799. The molecule has 0 saturated heterocycles. The second-order valence-corrected chi connectivity index (χ2v) is 6.23. The van der Waals surface area contributed by atoms with Gasteiger partial charge in [0.25, 0.3) is 0 Å². The van der Waals surface area contributed by atoms with Gasteiger partial charge < -0.3 is 5.32 Å². The van der Waals surface area contributed by atoms with E-state index in [-0.39, 0.29) is 0 Å². The molecule has 1 nitrogen and oxygen atoms in total. The van der Waals surface area contributed by atoms with Gasteiger partial charge in [-0.15, -0.1) is 0 Å². The van der Waals surface area contributed by atoms with Crippen molar-refractivity contribution in [2.24, 2.45) is 17.8 Å². The third-order valence-corrected chi connectivity index (χ3v) is 4.66. The first kappa shape index (κ1) is 15.0. The van der Waals surface area contributed by atoms with E-state index in [0.717, 1.165) is 30.3 Å². The molecule has 1 aliphatic rings. The van der Waals surface area contributed by atoms with E-state index in [1.807, 2.05) is 0 Å². The zero-order chi connectivity index (χ0) is 12.7. The minimum atomic E-state index is 0.799. The van der Waals surface area contributed by atoms with Crippen LogP contribution in [0.4, 0.5) is 0 Å². The minimum Gasteiger partial charge on any atom is -0.314 e. The lowest BCUT2D eigenvalue weighted by Crippen LogP contribution is -2.38. The number of rotatable bonds is 7. The van der Waals surface area contributed by atoms with Crippen LogP contribution in [-0.4, -0.2) is 12.6 Å². The Morgan fingerprint density at radius 3 is 2.06 bits per heavy atom. The highest BCUT2D eigenvalue weighted by molar-refractivity contribution is 4.82. The lowest BCUT2D eigenvalue weighted by Gasteiger charge is -2.36. The van der Waals surface area contributed by atoms with Crippen molar-refractivity contribution in [3.05, 3.63) is 0 Å². The molecule has 0 amide bonds. The summed E-state index contributed by atoms with van der Waals surface area (Å²) in [6.07, 6.45) is 9.98. The van der Waals surface area contributed by atoms with Crippen molar-refractivity contribution in [3.8, 4) is 0 Å². The van der Waals surface area contributed by atoms with Gasteiger partial charge in [-0.1, -0.05) is 40.5 Å². The number of hydrogen-bond donors (Lipinski definition) is 1. The summed E-state index contributed by atoms with van der Waals surface area (Å²) < 4.78 is 0. The summed E-state index contributed by atoms with van der Waals surface area (Å²) >= 11 is 0. The molecule has 102 valence electrons. The van der Waals surface area contributed by atoms with Gasteiger partial charge in [-0.3, -0.25) is 0 Å². The van der Waals surface area contributed by atoms with E-state index in [1.165, 1.54) is 44.9 Å². The first-order valence-electron chi connectivity index (χ1n) is 7.92. The summed E-state index contributed by atoms with van der Waals surface area (Å²) in [7, 11) is 0. The van der Waals surface area contributed by atoms with Gasteiger partial charge in [0.05, 0.1) is 0 Å². The van der Waals surface area contributed by atoms with Crippen molar-refractivity contribution in [3.63, 3.8) is 0 Å². The van der Waals surface area contributed by atoms with E-state index < -0.39 is 0 Å². The molecule has 1 rings (SSSR count). The van der Waals surface area contributed by atoms with Crippen LogP contribution in [-0.2, 0) is 0 Å². The average Bonchev–Trinajstić information content (AvgIpc) is 2.34. The Kier molecular flexibility index (Phi) is 7.18. The van der Waals surface area contributed by atoms with Crippen LogP contribution >= 0.6 is 0 Å². The minimum absolute atomic E-state index is 0.799. The number of hydrogen-bond acceptors (Lipinski definition) is 1. The molecule has 0 heterocycles. The first-order valence-corrected chi connectivity index (χ1v) is 7.92. The van der Waals surface area contributed by atoms with Gasteiger partial charge in [-0.25, -0.2) is 0 Å². The molecule has 17 heavy (non-hydrogen) atoms. The van der Waals surface area contributed by atoms with Gasteiger partial charge in [-0.05, 0) is 56.4 Å². The smallest absolute Gasteiger partial charge is 0.00952 e. The average molecular weight is 239 g/mol. The number of unbranched alkanes of at least 4 members (excludes halogenated alkanes) is 1. The molecule has 0 aliphatic heterocycles. The maximum absolute atomic E-state index is 3.73. The van der Waals surface area contributed by atoms with Gasteiger partial charge in [-0.2, -0.15) is 0 Å². The largest absolute Gasteiger partial charge is 0.314 e. The fourth-order valence-electron chi connectivity index (χ4n) is 3.40. The van der Waals surface area contributed by atoms with Gasteiger partial charge >= 0.3 is 0 Å². The van der Waals surface area contributed by atoms with Gasteiger partial charge in [0.2, 0.25) is 0 Å². The Labute approximate surface area is 109 Å². The fourth-order valence-corrected chi connectivity index (χ4v) is 3.40. The number of nitrogens with one attached hydrogen (secondary N) is 1. The van der Waals surface area contributed by atoms with Crippen LogP contribution < -0.4 is 5.32 Å². The predicted octanol–water partition coefficient (Wildman–Crippen LogP) is 4.62. The Balaban J connectivity index is 2.37. The van der Waals surface area contributed by atoms with Crippen LogP contribution in [0.3, 0.4) is 0 Å². The lowest BCUT2D eigenvalue weighted by atomic mass is 9.74. The van der Waals surface area contributed by atoms with Crippen LogP contribution in [0.5, 0.6) is 0 Å². The van der Waals surface area contributed by atoms with Crippen molar-refractivity contribution in [2.75, 3.05) is 6.54 Å². The SMILES string of the molecule is CCCCC(NCC)C1CCC(C(C)C)CC1. The molecule has 0 spiro atoms. The molecule has 0 radical (unpaired) electrons. The summed E-state index contributed by atoms with van der Waals surface area (Å²) in [5.74, 6) is 2.85. The highest BCUT2D eigenvalue weighted by Crippen LogP contribution is 2.35. The summed E-state index contributed by atoms with van der Waals surface area (Å²) in [4.78, 5) is 0. The van der Waals surface area contributed by atoms with E-state index in [9.17, 15) is 0 Å². The van der Waals surface area contributed by atoms with E-state index in [4.69, 9.17) is 0 Å². The predicted molar refractivity (Wildman–Crippen MR) is 77.3 cm³/mol. The summed E-state index contributed by atoms with van der Waals surface area (Å²) in [6.45, 7) is 10.5. The van der Waals surface area contributed by atoms with Crippen molar-refractivity contribution in [1.82, 2.24) is 5.32 Å². The van der Waals surface area contributed by atoms with Crippen LogP contribution in [0.15, 0.2) is 0 Å². The summed E-state index contributed by atoms with van der Waals surface area (Å²) in [5.41, 5.74) is 0. The van der Waals surface area contributed by atoms with Crippen LogP contribution in [0.25, 0.3) is 0 Å². The molecule has 1 unspecified atom stereocenters. The molecule has 0 aromatic heterocycles. The van der Waals surface area contributed by atoms with Crippen molar-refractivity contribution < 1.29 is 0 Å². The Morgan fingerprint density at radius 2 is 1.59 bits per heavy atom. The normalized spacial score (nSPS) is 27.4.